The van der Waals surface area contributed by atoms with Gasteiger partial charge in [-0.25, -0.2) is 8.78 Å². The van der Waals surface area contributed by atoms with Gasteiger partial charge in [0.05, 0.1) is 16.7 Å². The SMILES string of the molecule is Cc1ccc(-n2c(=S)[nH]c3cc(F)c(C)cc32)c(F)c1. The molecule has 1 heterocycles. The number of aryl methyl sites for hydroxylation is 2. The first-order chi connectivity index (χ1) is 9.47. The van der Waals surface area contributed by atoms with E-state index in [1.165, 1.54) is 12.1 Å². The van der Waals surface area contributed by atoms with E-state index in [1.54, 1.807) is 23.6 Å². The van der Waals surface area contributed by atoms with Gasteiger partial charge in [0.15, 0.2) is 4.77 Å². The van der Waals surface area contributed by atoms with E-state index in [1.807, 2.05) is 13.0 Å². The Morgan fingerprint density at radius 1 is 1.05 bits per heavy atom. The summed E-state index contributed by atoms with van der Waals surface area (Å²) in [4.78, 5) is 2.91. The molecule has 1 N–H and O–H groups in total. The summed E-state index contributed by atoms with van der Waals surface area (Å²) in [5.74, 6) is -0.672. The Hall–Kier alpha value is -2.01. The molecule has 0 saturated heterocycles. The number of aromatic amines is 1. The first-order valence-electron chi connectivity index (χ1n) is 6.15. The third-order valence-corrected chi connectivity index (χ3v) is 3.59. The van der Waals surface area contributed by atoms with Gasteiger partial charge >= 0.3 is 0 Å². The number of imidazole rings is 1. The van der Waals surface area contributed by atoms with Gasteiger partial charge in [-0.15, -0.1) is 0 Å². The van der Waals surface area contributed by atoms with Gasteiger partial charge in [0, 0.05) is 0 Å². The van der Waals surface area contributed by atoms with Crippen LogP contribution in [0.25, 0.3) is 16.7 Å². The van der Waals surface area contributed by atoms with Crippen molar-refractivity contribution in [1.29, 1.82) is 0 Å². The second kappa shape index (κ2) is 4.52. The molecule has 0 atom stereocenters. The summed E-state index contributed by atoms with van der Waals surface area (Å²) in [6, 6.07) is 7.98. The number of hydrogen-bond acceptors (Lipinski definition) is 1. The summed E-state index contributed by atoms with van der Waals surface area (Å²) in [5.41, 5.74) is 2.90. The van der Waals surface area contributed by atoms with Crippen molar-refractivity contribution >= 4 is 23.3 Å². The number of hydrogen-bond donors (Lipinski definition) is 1. The fraction of sp³-hybridized carbons (Fsp3) is 0.133. The lowest BCUT2D eigenvalue weighted by molar-refractivity contribution is 0.617. The molecule has 0 aliphatic heterocycles. The third-order valence-electron chi connectivity index (χ3n) is 3.31. The molecule has 0 amide bonds. The smallest absolute Gasteiger partial charge is 0.182 e. The van der Waals surface area contributed by atoms with Gasteiger partial charge in [0.25, 0.3) is 0 Å². The van der Waals surface area contributed by atoms with Crippen molar-refractivity contribution in [2.75, 3.05) is 0 Å². The highest BCUT2D eigenvalue weighted by atomic mass is 32.1. The summed E-state index contributed by atoms with van der Waals surface area (Å²) >= 11 is 5.23. The number of fused-ring (bicyclic) bond motifs is 1. The van der Waals surface area contributed by atoms with Crippen molar-refractivity contribution in [2.24, 2.45) is 0 Å². The Morgan fingerprint density at radius 3 is 2.50 bits per heavy atom. The minimum Gasteiger partial charge on any atom is -0.330 e. The van der Waals surface area contributed by atoms with Crippen LogP contribution in [-0.4, -0.2) is 9.55 Å². The van der Waals surface area contributed by atoms with Crippen LogP contribution in [0.2, 0.25) is 0 Å². The van der Waals surface area contributed by atoms with Crippen LogP contribution in [0.4, 0.5) is 8.78 Å². The van der Waals surface area contributed by atoms with Gasteiger partial charge in [-0.3, -0.25) is 4.57 Å². The van der Waals surface area contributed by atoms with E-state index < -0.39 is 0 Å². The van der Waals surface area contributed by atoms with Crippen LogP contribution in [0.5, 0.6) is 0 Å². The maximum Gasteiger partial charge on any atom is 0.182 e. The van der Waals surface area contributed by atoms with E-state index in [0.717, 1.165) is 5.56 Å². The zero-order valence-electron chi connectivity index (χ0n) is 11.0. The molecule has 0 radical (unpaired) electrons. The summed E-state index contributed by atoms with van der Waals surface area (Å²) in [6.45, 7) is 3.49. The monoisotopic (exact) mass is 290 g/mol. The van der Waals surface area contributed by atoms with E-state index in [2.05, 4.69) is 4.98 Å². The Bertz CT molecular complexity index is 877. The lowest BCUT2D eigenvalue weighted by atomic mass is 10.2. The quantitative estimate of drug-likeness (QED) is 0.650. The zero-order valence-corrected chi connectivity index (χ0v) is 11.8. The third kappa shape index (κ3) is 1.94. The van der Waals surface area contributed by atoms with Gasteiger partial charge in [0.1, 0.15) is 11.6 Å². The molecule has 2 aromatic carbocycles. The molecule has 0 saturated carbocycles. The molecule has 0 bridgehead atoms. The summed E-state index contributed by atoms with van der Waals surface area (Å²) in [6.07, 6.45) is 0. The Kier molecular flexibility index (Phi) is 2.94. The van der Waals surface area contributed by atoms with Gasteiger partial charge in [-0.05, 0) is 61.5 Å². The number of nitrogens with zero attached hydrogens (tertiary/aromatic N) is 1. The molecule has 0 unspecified atom stereocenters. The van der Waals surface area contributed by atoms with Crippen molar-refractivity contribution in [3.8, 4) is 5.69 Å². The van der Waals surface area contributed by atoms with Crippen LogP contribution in [0, 0.1) is 30.3 Å². The lowest BCUT2D eigenvalue weighted by Gasteiger charge is -2.07. The Morgan fingerprint density at radius 2 is 1.80 bits per heavy atom. The van der Waals surface area contributed by atoms with Crippen molar-refractivity contribution in [2.45, 2.75) is 13.8 Å². The average Bonchev–Trinajstić information content (AvgIpc) is 2.66. The first-order valence-corrected chi connectivity index (χ1v) is 6.55. The van der Waals surface area contributed by atoms with Crippen molar-refractivity contribution in [3.05, 3.63) is 57.9 Å². The van der Waals surface area contributed by atoms with Crippen LogP contribution in [-0.2, 0) is 0 Å². The molecule has 0 spiro atoms. The summed E-state index contributed by atoms with van der Waals surface area (Å²) < 4.78 is 29.7. The van der Waals surface area contributed by atoms with Crippen LogP contribution < -0.4 is 0 Å². The first kappa shape index (κ1) is 13.0. The van der Waals surface area contributed by atoms with E-state index in [0.29, 0.717) is 27.1 Å². The highest BCUT2D eigenvalue weighted by Gasteiger charge is 2.12. The predicted octanol–water partition coefficient (Wildman–Crippen LogP) is 4.58. The molecular weight excluding hydrogens is 278 g/mol. The lowest BCUT2D eigenvalue weighted by Crippen LogP contribution is -1.98. The molecule has 1 aromatic heterocycles. The molecule has 0 aliphatic carbocycles. The maximum absolute atomic E-state index is 14.1. The number of benzene rings is 2. The molecule has 5 heteroatoms. The maximum atomic E-state index is 14.1. The van der Waals surface area contributed by atoms with Crippen LogP contribution in [0.15, 0.2) is 30.3 Å². The van der Waals surface area contributed by atoms with Crippen LogP contribution in [0.3, 0.4) is 0 Å². The molecular formula is C15H12F2N2S. The zero-order chi connectivity index (χ0) is 14.4. The van der Waals surface area contributed by atoms with E-state index in [9.17, 15) is 8.78 Å². The van der Waals surface area contributed by atoms with Crippen LogP contribution in [0.1, 0.15) is 11.1 Å². The highest BCUT2D eigenvalue weighted by Crippen LogP contribution is 2.24. The van der Waals surface area contributed by atoms with Crippen molar-refractivity contribution in [3.63, 3.8) is 0 Å². The second-order valence-corrected chi connectivity index (χ2v) is 5.23. The van der Waals surface area contributed by atoms with Crippen molar-refractivity contribution < 1.29 is 8.78 Å². The van der Waals surface area contributed by atoms with Crippen LogP contribution >= 0.6 is 12.2 Å². The predicted molar refractivity (Wildman–Crippen MR) is 77.8 cm³/mol. The molecule has 0 fully saturated rings. The Balaban J connectivity index is 2.39. The van der Waals surface area contributed by atoms with Gasteiger partial charge in [-0.2, -0.15) is 0 Å². The van der Waals surface area contributed by atoms with Gasteiger partial charge in [0.2, 0.25) is 0 Å². The van der Waals surface area contributed by atoms with E-state index >= 15 is 0 Å². The van der Waals surface area contributed by atoms with E-state index in [-0.39, 0.29) is 11.6 Å². The van der Waals surface area contributed by atoms with Crippen molar-refractivity contribution in [1.82, 2.24) is 9.55 Å². The molecule has 102 valence electrons. The Labute approximate surface area is 119 Å². The fourth-order valence-electron chi connectivity index (χ4n) is 2.26. The summed E-state index contributed by atoms with van der Waals surface area (Å²) in [5, 5.41) is 0. The molecule has 2 nitrogen and oxygen atoms in total. The fourth-order valence-corrected chi connectivity index (χ4v) is 2.57. The van der Waals surface area contributed by atoms with Gasteiger partial charge < -0.3 is 4.98 Å². The number of H-pyrrole nitrogens is 1. The number of halogens is 2. The van der Waals surface area contributed by atoms with E-state index in [4.69, 9.17) is 12.2 Å². The molecule has 0 aliphatic rings. The molecule has 20 heavy (non-hydrogen) atoms. The highest BCUT2D eigenvalue weighted by molar-refractivity contribution is 7.71. The normalized spacial score (nSPS) is 11.2. The average molecular weight is 290 g/mol. The minimum absolute atomic E-state index is 0.315. The minimum atomic E-state index is -0.357. The molecule has 3 rings (SSSR count). The largest absolute Gasteiger partial charge is 0.330 e. The second-order valence-electron chi connectivity index (χ2n) is 4.84. The standard InChI is InChI=1S/C15H12F2N2S/c1-8-3-4-13(11(17)5-8)19-14-6-9(2)10(16)7-12(14)18-15(19)20/h3-7H,1-2H3,(H,18,20). The number of nitrogens with one attached hydrogen (secondary N) is 1. The number of rotatable bonds is 1. The topological polar surface area (TPSA) is 20.7 Å². The molecule has 3 aromatic rings. The summed E-state index contributed by atoms with van der Waals surface area (Å²) in [7, 11) is 0. The number of aromatic nitrogens is 2. The van der Waals surface area contributed by atoms with Gasteiger partial charge in [-0.1, -0.05) is 6.07 Å².